The lowest BCUT2D eigenvalue weighted by molar-refractivity contribution is 0.0982. The summed E-state index contributed by atoms with van der Waals surface area (Å²) in [5, 5.41) is 2.57. The number of hydrogen-bond acceptors (Lipinski definition) is 5. The average molecular weight is 377 g/mol. The zero-order valence-corrected chi connectivity index (χ0v) is 15.2. The smallest absolute Gasteiger partial charge is 0.280 e. The van der Waals surface area contributed by atoms with E-state index < -0.39 is 0 Å². The topological polar surface area (TPSA) is 46.3 Å². The van der Waals surface area contributed by atoms with Crippen LogP contribution in [0.5, 0.6) is 0 Å². The molecule has 122 valence electrons. The van der Waals surface area contributed by atoms with Gasteiger partial charge in [0.25, 0.3) is 5.91 Å². The van der Waals surface area contributed by atoms with E-state index in [1.54, 1.807) is 23.6 Å². The molecule has 3 heterocycles. The molecule has 0 spiro atoms. The molecule has 0 N–H and O–H groups in total. The molecule has 0 fully saturated rings. The molecule has 24 heavy (non-hydrogen) atoms. The molecule has 2 aromatic heterocycles. The van der Waals surface area contributed by atoms with E-state index in [1.807, 2.05) is 35.7 Å². The van der Waals surface area contributed by atoms with Crippen molar-refractivity contribution in [3.63, 3.8) is 0 Å². The van der Waals surface area contributed by atoms with Gasteiger partial charge in [0.2, 0.25) is 5.89 Å². The maximum atomic E-state index is 13.0. The number of hydrogen-bond donors (Lipinski definition) is 0. The van der Waals surface area contributed by atoms with Gasteiger partial charge in [-0.15, -0.1) is 23.1 Å². The number of amides is 1. The van der Waals surface area contributed by atoms with Crippen molar-refractivity contribution in [1.29, 1.82) is 0 Å². The molecule has 3 aromatic rings. The fourth-order valence-electron chi connectivity index (χ4n) is 2.63. The van der Waals surface area contributed by atoms with Gasteiger partial charge in [-0.05, 0) is 36.6 Å². The molecule has 4 nitrogen and oxygen atoms in total. The van der Waals surface area contributed by atoms with Gasteiger partial charge in [0.05, 0.1) is 10.6 Å². The minimum absolute atomic E-state index is 0.150. The number of oxazole rings is 1. The second-order valence-corrected chi connectivity index (χ2v) is 7.84. The highest BCUT2D eigenvalue weighted by molar-refractivity contribution is 7.99. The van der Waals surface area contributed by atoms with Crippen molar-refractivity contribution < 1.29 is 9.21 Å². The van der Waals surface area contributed by atoms with Gasteiger partial charge in [0.15, 0.2) is 5.69 Å². The fourth-order valence-corrected chi connectivity index (χ4v) is 4.42. The molecule has 1 aliphatic rings. The van der Waals surface area contributed by atoms with E-state index in [9.17, 15) is 4.79 Å². The van der Waals surface area contributed by atoms with Crippen LogP contribution in [0.2, 0.25) is 5.02 Å². The Labute approximate surface area is 152 Å². The summed E-state index contributed by atoms with van der Waals surface area (Å²) in [6.07, 6.45) is 0. The second kappa shape index (κ2) is 6.27. The van der Waals surface area contributed by atoms with E-state index in [-0.39, 0.29) is 5.91 Å². The van der Waals surface area contributed by atoms with Crippen LogP contribution in [0.4, 0.5) is 5.69 Å². The Bertz CT molecular complexity index is 905. The molecule has 0 saturated carbocycles. The lowest BCUT2D eigenvalue weighted by Crippen LogP contribution is -2.36. The SMILES string of the molecule is Cc1oc(-c2cccs2)nc1C(=O)N1CCSc2ccc(Cl)cc21. The van der Waals surface area contributed by atoms with Crippen LogP contribution in [0.15, 0.2) is 45.0 Å². The normalized spacial score (nSPS) is 13.8. The van der Waals surface area contributed by atoms with Crippen LogP contribution >= 0.6 is 34.7 Å². The Morgan fingerprint density at radius 1 is 1.38 bits per heavy atom. The van der Waals surface area contributed by atoms with Crippen molar-refractivity contribution in [1.82, 2.24) is 4.98 Å². The summed E-state index contributed by atoms with van der Waals surface area (Å²) in [6.45, 7) is 2.40. The molecule has 7 heteroatoms. The highest BCUT2D eigenvalue weighted by Crippen LogP contribution is 2.37. The zero-order valence-electron chi connectivity index (χ0n) is 12.8. The largest absolute Gasteiger partial charge is 0.440 e. The number of carbonyl (C=O) groups is 1. The standard InChI is InChI=1S/C17H13ClN2O2S2/c1-10-15(19-16(22-10)14-3-2-7-23-14)17(21)20-6-8-24-13-5-4-11(18)9-12(13)20/h2-5,7,9H,6,8H2,1H3. The Balaban J connectivity index is 1.72. The summed E-state index contributed by atoms with van der Waals surface area (Å²) in [6, 6.07) is 9.49. The highest BCUT2D eigenvalue weighted by Gasteiger charge is 2.28. The summed E-state index contributed by atoms with van der Waals surface area (Å²) < 4.78 is 5.70. The van der Waals surface area contributed by atoms with E-state index in [0.717, 1.165) is 21.2 Å². The van der Waals surface area contributed by atoms with Gasteiger partial charge in [0.1, 0.15) is 5.76 Å². The summed E-state index contributed by atoms with van der Waals surface area (Å²) in [4.78, 5) is 21.2. The van der Waals surface area contributed by atoms with Crippen LogP contribution in [0.25, 0.3) is 10.8 Å². The third-order valence-corrected chi connectivity index (χ3v) is 5.90. The summed E-state index contributed by atoms with van der Waals surface area (Å²) in [5.74, 6) is 1.71. The molecule has 0 saturated heterocycles. The van der Waals surface area contributed by atoms with Gasteiger partial charge in [-0.3, -0.25) is 4.79 Å². The number of halogens is 1. The van der Waals surface area contributed by atoms with E-state index >= 15 is 0 Å². The Morgan fingerprint density at radius 2 is 2.25 bits per heavy atom. The molecule has 0 bridgehead atoms. The monoisotopic (exact) mass is 376 g/mol. The number of fused-ring (bicyclic) bond motifs is 1. The van der Waals surface area contributed by atoms with Crippen LogP contribution in [-0.2, 0) is 0 Å². The van der Waals surface area contributed by atoms with Crippen LogP contribution in [0.3, 0.4) is 0 Å². The molecular formula is C17H13ClN2O2S2. The first-order valence-electron chi connectivity index (χ1n) is 7.39. The number of aromatic nitrogens is 1. The molecule has 0 aliphatic carbocycles. The fraction of sp³-hybridized carbons (Fsp3) is 0.176. The number of rotatable bonds is 2. The number of aryl methyl sites for hydroxylation is 1. The summed E-state index contributed by atoms with van der Waals surface area (Å²) in [7, 11) is 0. The summed E-state index contributed by atoms with van der Waals surface area (Å²) >= 11 is 9.38. The lowest BCUT2D eigenvalue weighted by atomic mass is 10.2. The molecule has 0 atom stereocenters. The number of thioether (sulfide) groups is 1. The molecule has 1 amide bonds. The highest BCUT2D eigenvalue weighted by atomic mass is 35.5. The Morgan fingerprint density at radius 3 is 3.04 bits per heavy atom. The van der Waals surface area contributed by atoms with E-state index in [0.29, 0.717) is 28.9 Å². The maximum Gasteiger partial charge on any atom is 0.280 e. The third kappa shape index (κ3) is 2.75. The third-order valence-electron chi connectivity index (χ3n) is 3.76. The molecule has 1 aliphatic heterocycles. The first kappa shape index (κ1) is 15.7. The second-order valence-electron chi connectivity index (χ2n) is 5.32. The quantitative estimate of drug-likeness (QED) is 0.623. The lowest BCUT2D eigenvalue weighted by Gasteiger charge is -2.28. The number of anilines is 1. The average Bonchev–Trinajstić information content (AvgIpc) is 3.23. The zero-order chi connectivity index (χ0) is 16.7. The van der Waals surface area contributed by atoms with Gasteiger partial charge >= 0.3 is 0 Å². The minimum atomic E-state index is -0.150. The van der Waals surface area contributed by atoms with Crippen molar-refractivity contribution >= 4 is 46.3 Å². The van der Waals surface area contributed by atoms with Gasteiger partial charge in [-0.25, -0.2) is 4.98 Å². The summed E-state index contributed by atoms with van der Waals surface area (Å²) in [5.41, 5.74) is 1.19. The van der Waals surface area contributed by atoms with Crippen molar-refractivity contribution in [3.8, 4) is 10.8 Å². The first-order valence-corrected chi connectivity index (χ1v) is 9.63. The molecule has 0 radical (unpaired) electrons. The number of nitrogens with zero attached hydrogens (tertiary/aromatic N) is 2. The molecule has 0 unspecified atom stereocenters. The van der Waals surface area contributed by atoms with E-state index in [2.05, 4.69) is 4.98 Å². The van der Waals surface area contributed by atoms with Crippen LogP contribution in [0.1, 0.15) is 16.2 Å². The maximum absolute atomic E-state index is 13.0. The van der Waals surface area contributed by atoms with Crippen LogP contribution < -0.4 is 4.90 Å². The predicted octanol–water partition coefficient (Wildman–Crippen LogP) is 5.12. The van der Waals surface area contributed by atoms with Gasteiger partial charge in [-0.2, -0.15) is 0 Å². The van der Waals surface area contributed by atoms with Gasteiger partial charge < -0.3 is 9.32 Å². The van der Waals surface area contributed by atoms with Crippen LogP contribution in [0, 0.1) is 6.92 Å². The van der Waals surface area contributed by atoms with Gasteiger partial charge in [0, 0.05) is 22.2 Å². The van der Waals surface area contributed by atoms with Crippen LogP contribution in [-0.4, -0.2) is 23.2 Å². The molecule has 4 rings (SSSR count). The minimum Gasteiger partial charge on any atom is -0.440 e. The van der Waals surface area contributed by atoms with Crippen molar-refractivity contribution in [2.45, 2.75) is 11.8 Å². The van der Waals surface area contributed by atoms with E-state index in [1.165, 1.54) is 11.3 Å². The van der Waals surface area contributed by atoms with Crippen molar-refractivity contribution in [2.75, 3.05) is 17.2 Å². The number of carbonyl (C=O) groups excluding carboxylic acids is 1. The number of thiophene rings is 1. The first-order chi connectivity index (χ1) is 11.6. The van der Waals surface area contributed by atoms with Crippen molar-refractivity contribution in [3.05, 3.63) is 52.2 Å². The number of benzene rings is 1. The molecule has 1 aromatic carbocycles. The van der Waals surface area contributed by atoms with Gasteiger partial charge in [-0.1, -0.05) is 17.7 Å². The van der Waals surface area contributed by atoms with Crippen molar-refractivity contribution in [2.24, 2.45) is 0 Å². The predicted molar refractivity (Wildman–Crippen MR) is 98.4 cm³/mol. The Kier molecular flexibility index (Phi) is 4.12. The van der Waals surface area contributed by atoms with E-state index in [4.69, 9.17) is 16.0 Å². The molecular weight excluding hydrogens is 364 g/mol. The Hall–Kier alpha value is -1.76.